The molecule has 0 unspecified atom stereocenters. The Labute approximate surface area is 225 Å². The van der Waals surface area contributed by atoms with Gasteiger partial charge in [-0.2, -0.15) is 4.98 Å². The van der Waals surface area contributed by atoms with Crippen molar-refractivity contribution in [3.05, 3.63) is 48.2 Å². The van der Waals surface area contributed by atoms with E-state index in [9.17, 15) is 14.0 Å². The first-order valence-corrected chi connectivity index (χ1v) is 12.4. The maximum absolute atomic E-state index is 13.4. The minimum absolute atomic E-state index is 0.0782. The number of aromatic nitrogens is 4. The molecule has 1 saturated heterocycles. The lowest BCUT2D eigenvalue weighted by Gasteiger charge is -2.26. The number of carbonyl (C=O) groups excluding carboxylic acids is 2. The van der Waals surface area contributed by atoms with Crippen LogP contribution in [-0.2, 0) is 4.74 Å². The molecule has 3 N–H and O–H groups in total. The lowest BCUT2D eigenvalue weighted by atomic mass is 10.1. The summed E-state index contributed by atoms with van der Waals surface area (Å²) >= 11 is 0. The molecule has 0 atom stereocenters. The van der Waals surface area contributed by atoms with E-state index in [2.05, 4.69) is 25.3 Å². The van der Waals surface area contributed by atoms with E-state index in [1.165, 1.54) is 13.3 Å². The van der Waals surface area contributed by atoms with E-state index >= 15 is 0 Å². The van der Waals surface area contributed by atoms with E-state index in [1.807, 2.05) is 25.7 Å². The van der Waals surface area contributed by atoms with Gasteiger partial charge in [0.15, 0.2) is 17.4 Å². The Hall–Kier alpha value is -4.55. The molecule has 206 valence electrons. The molecule has 1 aliphatic rings. The van der Waals surface area contributed by atoms with E-state index in [4.69, 9.17) is 15.2 Å². The van der Waals surface area contributed by atoms with Crippen LogP contribution in [0.25, 0.3) is 11.4 Å². The summed E-state index contributed by atoms with van der Waals surface area (Å²) in [7, 11) is 1.47. The minimum Gasteiger partial charge on any atom is -0.494 e. The van der Waals surface area contributed by atoms with Crippen molar-refractivity contribution >= 4 is 29.5 Å². The van der Waals surface area contributed by atoms with Gasteiger partial charge in [0.1, 0.15) is 17.0 Å². The standard InChI is InChI=1S/C26H31FN8O4/c1-26(2,3)39-25(37)35-10-6-9-34(11-12-35)24-31-15-18(21(28)36)23(33-24)32-19-8-5-7-17(20(19)38-4)22-29-13-16(27)14-30-22/h5,7-8,13-15H,6,9-12H2,1-4H3,(H2,28,36)(H,31,32,33). The highest BCUT2D eigenvalue weighted by molar-refractivity contribution is 5.98. The molecule has 2 aromatic heterocycles. The molecule has 1 fully saturated rings. The smallest absolute Gasteiger partial charge is 0.410 e. The number of hydrogen-bond acceptors (Lipinski definition) is 10. The van der Waals surface area contributed by atoms with E-state index < -0.39 is 17.3 Å². The van der Waals surface area contributed by atoms with Crippen molar-refractivity contribution in [1.29, 1.82) is 0 Å². The average molecular weight is 539 g/mol. The number of carbonyl (C=O) groups is 2. The number of nitrogens with zero attached hydrogens (tertiary/aromatic N) is 6. The van der Waals surface area contributed by atoms with Crippen LogP contribution in [0.3, 0.4) is 0 Å². The molecule has 1 aromatic carbocycles. The number of ether oxygens (including phenoxy) is 2. The molecular weight excluding hydrogens is 507 g/mol. The first-order chi connectivity index (χ1) is 18.6. The largest absolute Gasteiger partial charge is 0.494 e. The summed E-state index contributed by atoms with van der Waals surface area (Å²) in [4.78, 5) is 45.4. The molecule has 0 saturated carbocycles. The summed E-state index contributed by atoms with van der Waals surface area (Å²) in [5.41, 5.74) is 6.07. The van der Waals surface area contributed by atoms with Crippen LogP contribution in [0.2, 0.25) is 0 Å². The van der Waals surface area contributed by atoms with Crippen LogP contribution >= 0.6 is 0 Å². The van der Waals surface area contributed by atoms with Crippen LogP contribution in [0.5, 0.6) is 5.75 Å². The van der Waals surface area contributed by atoms with Gasteiger partial charge < -0.3 is 30.3 Å². The molecule has 0 bridgehead atoms. The third-order valence-corrected chi connectivity index (χ3v) is 5.81. The first-order valence-electron chi connectivity index (χ1n) is 12.4. The fraction of sp³-hybridized carbons (Fsp3) is 0.385. The molecule has 39 heavy (non-hydrogen) atoms. The third-order valence-electron chi connectivity index (χ3n) is 5.81. The topological polar surface area (TPSA) is 149 Å². The number of primary amides is 1. The van der Waals surface area contributed by atoms with E-state index in [1.54, 1.807) is 23.1 Å². The summed E-state index contributed by atoms with van der Waals surface area (Å²) in [6, 6.07) is 5.19. The average Bonchev–Trinajstić information content (AvgIpc) is 3.14. The van der Waals surface area contributed by atoms with Crippen molar-refractivity contribution < 1.29 is 23.5 Å². The Morgan fingerprint density at radius 3 is 2.46 bits per heavy atom. The second-order valence-electron chi connectivity index (χ2n) is 9.84. The molecule has 1 aliphatic heterocycles. The Morgan fingerprint density at radius 2 is 1.79 bits per heavy atom. The summed E-state index contributed by atoms with van der Waals surface area (Å²) in [5.74, 6) is -0.110. The van der Waals surface area contributed by atoms with Crippen LogP contribution in [0.15, 0.2) is 36.8 Å². The van der Waals surface area contributed by atoms with Crippen LogP contribution in [0.4, 0.5) is 26.6 Å². The number of benzene rings is 1. The van der Waals surface area contributed by atoms with Crippen LogP contribution in [0.1, 0.15) is 37.6 Å². The van der Waals surface area contributed by atoms with Gasteiger partial charge in [-0.3, -0.25) is 4.79 Å². The molecule has 4 rings (SSSR count). The number of para-hydroxylation sites is 1. The Kier molecular flexibility index (Phi) is 8.07. The van der Waals surface area contributed by atoms with Gasteiger partial charge in [0.2, 0.25) is 5.95 Å². The monoisotopic (exact) mass is 538 g/mol. The zero-order valence-electron chi connectivity index (χ0n) is 22.3. The van der Waals surface area contributed by atoms with Crippen LogP contribution in [0, 0.1) is 5.82 Å². The number of anilines is 3. The SMILES string of the molecule is COc1c(Nc2nc(N3CCCN(C(=O)OC(C)(C)C)CC3)ncc2C(N)=O)cccc1-c1ncc(F)cn1. The van der Waals surface area contributed by atoms with Gasteiger partial charge in [-0.25, -0.2) is 24.1 Å². The van der Waals surface area contributed by atoms with Crippen molar-refractivity contribution in [2.45, 2.75) is 32.8 Å². The van der Waals surface area contributed by atoms with Crippen LogP contribution in [-0.4, -0.2) is 75.7 Å². The van der Waals surface area contributed by atoms with E-state index in [0.29, 0.717) is 55.5 Å². The zero-order chi connectivity index (χ0) is 28.2. The number of hydrogen-bond donors (Lipinski definition) is 2. The number of rotatable bonds is 6. The van der Waals surface area contributed by atoms with Crippen molar-refractivity contribution in [3.8, 4) is 17.1 Å². The quantitative estimate of drug-likeness (QED) is 0.478. The number of halogens is 1. The number of nitrogens with one attached hydrogen (secondary N) is 1. The molecule has 0 aliphatic carbocycles. The van der Waals surface area contributed by atoms with Gasteiger partial charge >= 0.3 is 6.09 Å². The fourth-order valence-corrected chi connectivity index (χ4v) is 4.04. The summed E-state index contributed by atoms with van der Waals surface area (Å²) in [6.45, 7) is 7.50. The van der Waals surface area contributed by atoms with E-state index in [0.717, 1.165) is 12.4 Å². The van der Waals surface area contributed by atoms with Crippen molar-refractivity contribution in [1.82, 2.24) is 24.8 Å². The Bertz CT molecular complexity index is 1350. The number of nitrogens with two attached hydrogens (primary N) is 1. The lowest BCUT2D eigenvalue weighted by Crippen LogP contribution is -2.39. The molecular formula is C26H31FN8O4. The van der Waals surface area contributed by atoms with E-state index in [-0.39, 0.29) is 23.3 Å². The normalized spacial score (nSPS) is 14.0. The van der Waals surface area contributed by atoms with Gasteiger partial charge in [-0.05, 0) is 39.3 Å². The lowest BCUT2D eigenvalue weighted by molar-refractivity contribution is 0.0263. The van der Waals surface area contributed by atoms with Crippen molar-refractivity contribution in [2.24, 2.45) is 5.73 Å². The van der Waals surface area contributed by atoms with Crippen molar-refractivity contribution in [3.63, 3.8) is 0 Å². The molecule has 13 heteroatoms. The Morgan fingerprint density at radius 1 is 1.05 bits per heavy atom. The summed E-state index contributed by atoms with van der Waals surface area (Å²) in [5, 5.41) is 3.13. The zero-order valence-corrected chi connectivity index (χ0v) is 22.3. The number of amides is 2. The number of methoxy groups -OCH3 is 1. The summed E-state index contributed by atoms with van der Waals surface area (Å²) < 4.78 is 24.5. The maximum Gasteiger partial charge on any atom is 0.410 e. The van der Waals surface area contributed by atoms with Gasteiger partial charge in [0.05, 0.1) is 30.8 Å². The third kappa shape index (κ3) is 6.67. The Balaban J connectivity index is 1.61. The highest BCUT2D eigenvalue weighted by atomic mass is 19.1. The van der Waals surface area contributed by atoms with Gasteiger partial charge in [0, 0.05) is 32.4 Å². The predicted octanol–water partition coefficient (Wildman–Crippen LogP) is 3.37. The highest BCUT2D eigenvalue weighted by Gasteiger charge is 2.26. The first kappa shape index (κ1) is 27.5. The van der Waals surface area contributed by atoms with Crippen molar-refractivity contribution in [2.75, 3.05) is 43.5 Å². The summed E-state index contributed by atoms with van der Waals surface area (Å²) in [6.07, 6.45) is 3.80. The predicted molar refractivity (Wildman–Crippen MR) is 142 cm³/mol. The molecule has 3 heterocycles. The maximum atomic E-state index is 13.4. The van der Waals surface area contributed by atoms with Gasteiger partial charge in [-0.15, -0.1) is 0 Å². The highest BCUT2D eigenvalue weighted by Crippen LogP contribution is 2.36. The van der Waals surface area contributed by atoms with Crippen LogP contribution < -0.4 is 20.7 Å². The second kappa shape index (κ2) is 11.5. The fourth-order valence-electron chi connectivity index (χ4n) is 4.04. The van der Waals surface area contributed by atoms with Gasteiger partial charge in [0.25, 0.3) is 5.91 Å². The minimum atomic E-state index is -0.715. The molecule has 0 radical (unpaired) electrons. The molecule has 2 amide bonds. The second-order valence-corrected chi connectivity index (χ2v) is 9.84. The van der Waals surface area contributed by atoms with Gasteiger partial charge in [-0.1, -0.05) is 6.07 Å². The molecule has 12 nitrogen and oxygen atoms in total. The molecule has 0 spiro atoms. The molecule has 3 aromatic rings.